The van der Waals surface area contributed by atoms with E-state index in [1.54, 1.807) is 6.20 Å². The molecule has 0 fully saturated rings. The molecule has 2 rings (SSSR count). The standard InChI is InChI=1S/C14H17ClN2O/c1-3-17(4-2)10-14-16-9-13(18-14)11-5-7-12(15)8-6-11/h5-9H,3-4,10H2,1-2H3. The summed E-state index contributed by atoms with van der Waals surface area (Å²) in [6.07, 6.45) is 1.77. The van der Waals surface area contributed by atoms with Gasteiger partial charge in [0.1, 0.15) is 0 Å². The summed E-state index contributed by atoms with van der Waals surface area (Å²) >= 11 is 5.86. The average Bonchev–Trinajstić information content (AvgIpc) is 2.85. The largest absolute Gasteiger partial charge is 0.439 e. The Morgan fingerprint density at radius 3 is 2.44 bits per heavy atom. The van der Waals surface area contributed by atoms with Crippen molar-refractivity contribution in [2.24, 2.45) is 0 Å². The zero-order valence-electron chi connectivity index (χ0n) is 10.7. The maximum absolute atomic E-state index is 5.86. The summed E-state index contributed by atoms with van der Waals surface area (Å²) in [7, 11) is 0. The monoisotopic (exact) mass is 264 g/mol. The topological polar surface area (TPSA) is 29.3 Å². The molecule has 0 spiro atoms. The molecule has 0 aliphatic heterocycles. The van der Waals surface area contributed by atoms with Crippen molar-refractivity contribution >= 4 is 11.6 Å². The quantitative estimate of drug-likeness (QED) is 0.822. The van der Waals surface area contributed by atoms with E-state index in [-0.39, 0.29) is 0 Å². The first kappa shape index (κ1) is 13.1. The number of rotatable bonds is 5. The summed E-state index contributed by atoms with van der Waals surface area (Å²) in [5.41, 5.74) is 0.998. The Morgan fingerprint density at radius 1 is 1.17 bits per heavy atom. The van der Waals surface area contributed by atoms with Gasteiger partial charge in [-0.1, -0.05) is 25.4 Å². The molecule has 1 aromatic carbocycles. The van der Waals surface area contributed by atoms with Gasteiger partial charge in [-0.2, -0.15) is 0 Å². The van der Waals surface area contributed by atoms with Crippen LogP contribution in [0.15, 0.2) is 34.9 Å². The van der Waals surface area contributed by atoms with Crippen molar-refractivity contribution in [2.75, 3.05) is 13.1 Å². The Labute approximate surface area is 112 Å². The van der Waals surface area contributed by atoms with Crippen molar-refractivity contribution in [1.29, 1.82) is 0 Å². The Hall–Kier alpha value is -1.32. The van der Waals surface area contributed by atoms with E-state index >= 15 is 0 Å². The third kappa shape index (κ3) is 3.12. The Kier molecular flexibility index (Phi) is 4.39. The van der Waals surface area contributed by atoms with Gasteiger partial charge >= 0.3 is 0 Å². The minimum Gasteiger partial charge on any atom is -0.439 e. The van der Waals surface area contributed by atoms with E-state index in [1.165, 1.54) is 0 Å². The molecular weight excluding hydrogens is 248 g/mol. The van der Waals surface area contributed by atoms with E-state index in [2.05, 4.69) is 23.7 Å². The lowest BCUT2D eigenvalue weighted by Crippen LogP contribution is -2.22. The number of hydrogen-bond acceptors (Lipinski definition) is 3. The summed E-state index contributed by atoms with van der Waals surface area (Å²) < 4.78 is 5.75. The van der Waals surface area contributed by atoms with Gasteiger partial charge in [0.25, 0.3) is 0 Å². The van der Waals surface area contributed by atoms with Gasteiger partial charge in [-0.05, 0) is 37.4 Å². The first-order valence-electron chi connectivity index (χ1n) is 6.16. The zero-order chi connectivity index (χ0) is 13.0. The number of halogens is 1. The number of aromatic nitrogens is 1. The highest BCUT2D eigenvalue weighted by atomic mass is 35.5. The van der Waals surface area contributed by atoms with Gasteiger partial charge in [-0.25, -0.2) is 4.98 Å². The number of hydrogen-bond donors (Lipinski definition) is 0. The lowest BCUT2D eigenvalue weighted by Gasteiger charge is -2.14. The molecule has 1 aromatic heterocycles. The highest BCUT2D eigenvalue weighted by Gasteiger charge is 2.09. The van der Waals surface area contributed by atoms with E-state index in [4.69, 9.17) is 16.0 Å². The molecule has 0 unspecified atom stereocenters. The summed E-state index contributed by atoms with van der Waals surface area (Å²) in [5.74, 6) is 1.54. The second kappa shape index (κ2) is 6.03. The molecule has 0 aliphatic carbocycles. The lowest BCUT2D eigenvalue weighted by molar-refractivity contribution is 0.264. The summed E-state index contributed by atoms with van der Waals surface area (Å²) in [5, 5.41) is 0.724. The molecule has 0 bridgehead atoms. The van der Waals surface area contributed by atoms with Crippen LogP contribution in [0.5, 0.6) is 0 Å². The van der Waals surface area contributed by atoms with Crippen LogP contribution in [-0.4, -0.2) is 23.0 Å². The predicted molar refractivity (Wildman–Crippen MR) is 73.6 cm³/mol. The van der Waals surface area contributed by atoms with E-state index in [9.17, 15) is 0 Å². The third-order valence-corrected chi connectivity index (χ3v) is 3.19. The van der Waals surface area contributed by atoms with Gasteiger partial charge in [-0.3, -0.25) is 4.90 Å². The van der Waals surface area contributed by atoms with Gasteiger partial charge in [0.2, 0.25) is 5.89 Å². The normalized spacial score (nSPS) is 11.1. The van der Waals surface area contributed by atoms with Crippen LogP contribution in [0.1, 0.15) is 19.7 Å². The molecule has 96 valence electrons. The van der Waals surface area contributed by atoms with Gasteiger partial charge in [0, 0.05) is 10.6 Å². The highest BCUT2D eigenvalue weighted by Crippen LogP contribution is 2.22. The van der Waals surface area contributed by atoms with Gasteiger partial charge in [0.05, 0.1) is 12.7 Å². The lowest BCUT2D eigenvalue weighted by atomic mass is 10.2. The van der Waals surface area contributed by atoms with Crippen molar-refractivity contribution in [3.63, 3.8) is 0 Å². The van der Waals surface area contributed by atoms with Crippen LogP contribution in [0.4, 0.5) is 0 Å². The average molecular weight is 265 g/mol. The third-order valence-electron chi connectivity index (χ3n) is 2.94. The molecule has 18 heavy (non-hydrogen) atoms. The molecule has 3 nitrogen and oxygen atoms in total. The van der Waals surface area contributed by atoms with E-state index < -0.39 is 0 Å². The molecule has 0 N–H and O–H groups in total. The van der Waals surface area contributed by atoms with Crippen molar-refractivity contribution in [3.8, 4) is 11.3 Å². The van der Waals surface area contributed by atoms with Crippen LogP contribution in [0, 0.1) is 0 Å². The fraction of sp³-hybridized carbons (Fsp3) is 0.357. The molecule has 0 radical (unpaired) electrons. The van der Waals surface area contributed by atoms with Crippen LogP contribution in [-0.2, 0) is 6.54 Å². The number of benzene rings is 1. The molecule has 1 heterocycles. The fourth-order valence-electron chi connectivity index (χ4n) is 1.77. The van der Waals surface area contributed by atoms with E-state index in [0.29, 0.717) is 0 Å². The van der Waals surface area contributed by atoms with Crippen LogP contribution in [0.2, 0.25) is 5.02 Å². The van der Waals surface area contributed by atoms with Crippen LogP contribution in [0.3, 0.4) is 0 Å². The number of oxazole rings is 1. The van der Waals surface area contributed by atoms with Crippen molar-refractivity contribution in [3.05, 3.63) is 41.4 Å². The molecule has 0 saturated carbocycles. The minimum atomic E-state index is 0.724. The zero-order valence-corrected chi connectivity index (χ0v) is 11.4. The van der Waals surface area contributed by atoms with Gasteiger partial charge < -0.3 is 4.42 Å². The first-order chi connectivity index (χ1) is 8.72. The smallest absolute Gasteiger partial charge is 0.209 e. The summed E-state index contributed by atoms with van der Waals surface area (Å²) in [6, 6.07) is 7.57. The molecule has 4 heteroatoms. The fourth-order valence-corrected chi connectivity index (χ4v) is 1.90. The molecular formula is C14H17ClN2O. The Balaban J connectivity index is 2.12. The second-order valence-corrected chi connectivity index (χ2v) is 4.52. The Bertz CT molecular complexity index is 489. The second-order valence-electron chi connectivity index (χ2n) is 4.09. The Morgan fingerprint density at radius 2 is 1.83 bits per heavy atom. The van der Waals surface area contributed by atoms with Crippen molar-refractivity contribution in [1.82, 2.24) is 9.88 Å². The molecule has 2 aromatic rings. The van der Waals surface area contributed by atoms with E-state index in [1.807, 2.05) is 24.3 Å². The first-order valence-corrected chi connectivity index (χ1v) is 6.53. The maximum Gasteiger partial charge on any atom is 0.209 e. The minimum absolute atomic E-state index is 0.724. The summed E-state index contributed by atoms with van der Waals surface area (Å²) in [4.78, 5) is 6.57. The van der Waals surface area contributed by atoms with Gasteiger partial charge in [0.15, 0.2) is 5.76 Å². The SMILES string of the molecule is CCN(CC)Cc1ncc(-c2ccc(Cl)cc2)o1. The molecule has 0 atom stereocenters. The molecule has 0 saturated heterocycles. The highest BCUT2D eigenvalue weighted by molar-refractivity contribution is 6.30. The van der Waals surface area contributed by atoms with Crippen LogP contribution in [0.25, 0.3) is 11.3 Å². The predicted octanol–water partition coefficient (Wildman–Crippen LogP) is 3.84. The van der Waals surface area contributed by atoms with E-state index in [0.717, 1.165) is 41.9 Å². The van der Waals surface area contributed by atoms with Crippen molar-refractivity contribution in [2.45, 2.75) is 20.4 Å². The summed E-state index contributed by atoms with van der Waals surface area (Å²) in [6.45, 7) is 7.00. The number of nitrogens with zero attached hydrogens (tertiary/aromatic N) is 2. The van der Waals surface area contributed by atoms with Crippen molar-refractivity contribution < 1.29 is 4.42 Å². The molecule has 0 aliphatic rings. The van der Waals surface area contributed by atoms with Crippen LogP contribution < -0.4 is 0 Å². The van der Waals surface area contributed by atoms with Gasteiger partial charge in [-0.15, -0.1) is 0 Å². The van der Waals surface area contributed by atoms with Crippen LogP contribution >= 0.6 is 11.6 Å². The maximum atomic E-state index is 5.86. The molecule has 0 amide bonds.